The smallest absolute Gasteiger partial charge is 0.339 e. The number of hydrogen-bond donors (Lipinski definition) is 2. The highest BCUT2D eigenvalue weighted by molar-refractivity contribution is 5.91. The maximum Gasteiger partial charge on any atom is 0.339 e. The summed E-state index contributed by atoms with van der Waals surface area (Å²) in [6.45, 7) is 0. The van der Waals surface area contributed by atoms with Crippen LogP contribution < -0.4 is 10.1 Å². The van der Waals surface area contributed by atoms with Crippen molar-refractivity contribution in [1.82, 2.24) is 4.98 Å². The van der Waals surface area contributed by atoms with E-state index in [9.17, 15) is 4.79 Å². The lowest BCUT2D eigenvalue weighted by molar-refractivity contribution is 0.0691. The van der Waals surface area contributed by atoms with Crippen molar-refractivity contribution < 1.29 is 14.6 Å². The highest BCUT2D eigenvalue weighted by Crippen LogP contribution is 2.29. The zero-order valence-corrected chi connectivity index (χ0v) is 8.36. The number of carboxylic acid groups (broad SMARTS) is 1. The molecule has 0 amide bonds. The Morgan fingerprint density at radius 2 is 2.40 bits per heavy atom. The van der Waals surface area contributed by atoms with Crippen molar-refractivity contribution in [2.75, 3.05) is 12.4 Å². The van der Waals surface area contributed by atoms with Crippen molar-refractivity contribution in [3.8, 4) is 5.75 Å². The summed E-state index contributed by atoms with van der Waals surface area (Å²) >= 11 is 0. The van der Waals surface area contributed by atoms with Crippen molar-refractivity contribution in [2.24, 2.45) is 0 Å². The fourth-order valence-electron chi connectivity index (χ4n) is 1.21. The van der Waals surface area contributed by atoms with Gasteiger partial charge in [0.05, 0.1) is 12.3 Å². The Hall–Kier alpha value is -1.78. The first-order valence-electron chi connectivity index (χ1n) is 4.78. The van der Waals surface area contributed by atoms with E-state index in [4.69, 9.17) is 9.84 Å². The van der Waals surface area contributed by atoms with Crippen LogP contribution in [0.3, 0.4) is 0 Å². The molecule has 0 radical (unpaired) electrons. The van der Waals surface area contributed by atoms with Gasteiger partial charge >= 0.3 is 5.97 Å². The van der Waals surface area contributed by atoms with Gasteiger partial charge in [-0.15, -0.1) is 0 Å². The van der Waals surface area contributed by atoms with Crippen LogP contribution in [-0.2, 0) is 0 Å². The Bertz CT molecular complexity index is 388. The summed E-state index contributed by atoms with van der Waals surface area (Å²) in [5, 5.41) is 11.8. The molecule has 0 aromatic carbocycles. The molecule has 0 aliphatic heterocycles. The lowest BCUT2D eigenvalue weighted by Gasteiger charge is -2.08. The second-order valence-corrected chi connectivity index (χ2v) is 3.44. The molecule has 1 saturated carbocycles. The van der Waals surface area contributed by atoms with E-state index in [1.165, 1.54) is 12.3 Å². The molecule has 80 valence electrons. The van der Waals surface area contributed by atoms with Gasteiger partial charge in [0.1, 0.15) is 11.4 Å². The third-order valence-corrected chi connectivity index (χ3v) is 2.17. The van der Waals surface area contributed by atoms with Crippen LogP contribution in [0.1, 0.15) is 23.2 Å². The van der Waals surface area contributed by atoms with Crippen molar-refractivity contribution in [2.45, 2.75) is 18.9 Å². The van der Waals surface area contributed by atoms with Gasteiger partial charge in [0, 0.05) is 7.05 Å². The average Bonchev–Trinajstić information content (AvgIpc) is 3.02. The van der Waals surface area contributed by atoms with Gasteiger partial charge in [-0.3, -0.25) is 0 Å². The number of carboxylic acids is 1. The quantitative estimate of drug-likeness (QED) is 0.781. The molecular weight excluding hydrogens is 196 g/mol. The summed E-state index contributed by atoms with van der Waals surface area (Å²) < 4.78 is 5.45. The van der Waals surface area contributed by atoms with Crippen molar-refractivity contribution in [3.05, 3.63) is 17.8 Å². The molecule has 0 unspecified atom stereocenters. The first-order valence-corrected chi connectivity index (χ1v) is 4.78. The van der Waals surface area contributed by atoms with Gasteiger partial charge in [-0.05, 0) is 18.9 Å². The maximum atomic E-state index is 11.0. The monoisotopic (exact) mass is 208 g/mol. The molecule has 1 aromatic heterocycles. The first-order chi connectivity index (χ1) is 7.20. The summed E-state index contributed by atoms with van der Waals surface area (Å²) in [5.74, 6) is -0.121. The van der Waals surface area contributed by atoms with Crippen LogP contribution in [0.15, 0.2) is 12.3 Å². The Kier molecular flexibility index (Phi) is 2.45. The van der Waals surface area contributed by atoms with Crippen molar-refractivity contribution in [3.63, 3.8) is 0 Å². The van der Waals surface area contributed by atoms with E-state index in [0.29, 0.717) is 11.6 Å². The highest BCUT2D eigenvalue weighted by atomic mass is 16.5. The number of ether oxygens (including phenoxy) is 1. The number of hydrogen-bond acceptors (Lipinski definition) is 4. The van der Waals surface area contributed by atoms with E-state index in [-0.39, 0.29) is 11.7 Å². The van der Waals surface area contributed by atoms with Crippen molar-refractivity contribution in [1.29, 1.82) is 0 Å². The summed E-state index contributed by atoms with van der Waals surface area (Å²) in [6, 6.07) is 1.47. The molecule has 2 N–H and O–H groups in total. The molecule has 0 atom stereocenters. The molecule has 1 aromatic rings. The average molecular weight is 208 g/mol. The molecular formula is C10H12N2O3. The molecule has 1 heterocycles. The van der Waals surface area contributed by atoms with Crippen LogP contribution in [0.5, 0.6) is 5.75 Å². The number of aromatic carboxylic acids is 1. The van der Waals surface area contributed by atoms with Crippen LogP contribution in [-0.4, -0.2) is 29.2 Å². The number of nitrogens with zero attached hydrogens (tertiary/aromatic N) is 1. The Balaban J connectivity index is 2.29. The van der Waals surface area contributed by atoms with Gasteiger partial charge in [0.2, 0.25) is 0 Å². The lowest BCUT2D eigenvalue weighted by Crippen LogP contribution is -2.06. The number of carbonyl (C=O) groups is 1. The van der Waals surface area contributed by atoms with E-state index in [1.807, 2.05) is 0 Å². The molecule has 1 aliphatic rings. The predicted octanol–water partition coefficient (Wildman–Crippen LogP) is 1.36. The van der Waals surface area contributed by atoms with Crippen LogP contribution in [0.25, 0.3) is 0 Å². The summed E-state index contributed by atoms with van der Waals surface area (Å²) in [5.41, 5.74) is 0.154. The topological polar surface area (TPSA) is 71.5 Å². The predicted molar refractivity (Wildman–Crippen MR) is 54.4 cm³/mol. The summed E-state index contributed by atoms with van der Waals surface area (Å²) in [4.78, 5) is 15.0. The maximum absolute atomic E-state index is 11.0. The van der Waals surface area contributed by atoms with Crippen LogP contribution >= 0.6 is 0 Å². The zero-order chi connectivity index (χ0) is 10.8. The number of nitrogens with one attached hydrogen (secondary N) is 1. The molecule has 2 rings (SSSR count). The van der Waals surface area contributed by atoms with Gasteiger partial charge in [0.15, 0.2) is 5.75 Å². The van der Waals surface area contributed by atoms with Crippen LogP contribution in [0.4, 0.5) is 5.82 Å². The summed E-state index contributed by atoms with van der Waals surface area (Å²) in [6.07, 6.45) is 3.61. The van der Waals surface area contributed by atoms with Gasteiger partial charge in [-0.1, -0.05) is 0 Å². The Morgan fingerprint density at radius 1 is 1.67 bits per heavy atom. The van der Waals surface area contributed by atoms with Gasteiger partial charge in [0.25, 0.3) is 0 Å². The number of anilines is 1. The summed E-state index contributed by atoms with van der Waals surface area (Å²) in [7, 11) is 1.69. The minimum absolute atomic E-state index is 0.154. The first kappa shape index (κ1) is 9.76. The van der Waals surface area contributed by atoms with Crippen LogP contribution in [0.2, 0.25) is 0 Å². The van der Waals surface area contributed by atoms with E-state index < -0.39 is 5.97 Å². The standard InChI is InChI=1S/C10H12N2O3/c1-11-9-4-7(10(13)14)8(5-12-9)15-6-2-3-6/h4-6H,2-3H2,1H3,(H,11,12)(H,13,14). The second-order valence-electron chi connectivity index (χ2n) is 3.44. The Labute approximate surface area is 87.1 Å². The molecule has 0 spiro atoms. The van der Waals surface area contributed by atoms with Crippen molar-refractivity contribution >= 4 is 11.8 Å². The van der Waals surface area contributed by atoms with Gasteiger partial charge in [-0.2, -0.15) is 0 Å². The molecule has 1 fully saturated rings. The third kappa shape index (κ3) is 2.18. The lowest BCUT2D eigenvalue weighted by atomic mass is 10.2. The Morgan fingerprint density at radius 3 is 2.93 bits per heavy atom. The fourth-order valence-corrected chi connectivity index (χ4v) is 1.21. The molecule has 15 heavy (non-hydrogen) atoms. The molecule has 5 nitrogen and oxygen atoms in total. The molecule has 5 heteroatoms. The fraction of sp³-hybridized carbons (Fsp3) is 0.400. The molecule has 1 aliphatic carbocycles. The molecule has 0 saturated heterocycles. The minimum Gasteiger partial charge on any atom is -0.488 e. The minimum atomic E-state index is -0.996. The van der Waals surface area contributed by atoms with Gasteiger partial charge in [-0.25, -0.2) is 9.78 Å². The van der Waals surface area contributed by atoms with Crippen LogP contribution in [0, 0.1) is 0 Å². The highest BCUT2D eigenvalue weighted by Gasteiger charge is 2.26. The SMILES string of the molecule is CNc1cc(C(=O)O)c(OC2CC2)cn1. The largest absolute Gasteiger partial charge is 0.488 e. The normalized spacial score (nSPS) is 14.7. The number of rotatable bonds is 4. The zero-order valence-electron chi connectivity index (χ0n) is 8.36. The van der Waals surface area contributed by atoms with E-state index in [0.717, 1.165) is 12.8 Å². The van der Waals surface area contributed by atoms with E-state index >= 15 is 0 Å². The second kappa shape index (κ2) is 3.76. The molecule has 0 bridgehead atoms. The van der Waals surface area contributed by atoms with E-state index in [2.05, 4.69) is 10.3 Å². The third-order valence-electron chi connectivity index (χ3n) is 2.17. The van der Waals surface area contributed by atoms with E-state index in [1.54, 1.807) is 7.05 Å². The number of pyridine rings is 1. The number of aromatic nitrogens is 1. The van der Waals surface area contributed by atoms with Gasteiger partial charge < -0.3 is 15.2 Å².